The van der Waals surface area contributed by atoms with Gasteiger partial charge in [0, 0.05) is 73.8 Å². The van der Waals surface area contributed by atoms with Crippen LogP contribution >= 0.6 is 0 Å². The van der Waals surface area contributed by atoms with Gasteiger partial charge < -0.3 is 13.9 Å². The van der Waals surface area contributed by atoms with Crippen LogP contribution in [0.3, 0.4) is 0 Å². The standard InChI is InChI=1S/C64H38N6O/c1-6-20-53-43(13-1)44-14-2-7-21-54(44)68(53)41-27-30-60-52(37-41)64(49-18-11-32-66-62(49)63-50(64)19-12-33-67-63)51-36-40(26-29-59(51)71-60)39-25-28-58-48(35-39)47-17-5-10-24-57(47)70(58)61-38-42(31-34-65-61)69-55-22-8-3-15-45(55)46-16-4-9-23-56(46)69/h1-38H. The van der Waals surface area contributed by atoms with Crippen molar-refractivity contribution >= 4 is 65.4 Å². The molecule has 6 aromatic heterocycles. The summed E-state index contributed by atoms with van der Waals surface area (Å²) in [6, 6.07) is 76.4. The summed E-state index contributed by atoms with van der Waals surface area (Å²) in [6.45, 7) is 0. The summed E-state index contributed by atoms with van der Waals surface area (Å²) in [5.41, 5.74) is 16.4. The second kappa shape index (κ2) is 14.2. The predicted molar refractivity (Wildman–Crippen MR) is 286 cm³/mol. The molecule has 14 aromatic rings. The maximum Gasteiger partial charge on any atom is 0.139 e. The Kier molecular flexibility index (Phi) is 7.69. The average molecular weight is 907 g/mol. The summed E-state index contributed by atoms with van der Waals surface area (Å²) in [6.07, 6.45) is 5.69. The van der Waals surface area contributed by atoms with E-state index in [4.69, 9.17) is 19.7 Å². The molecule has 0 saturated heterocycles. The third-order valence-corrected chi connectivity index (χ3v) is 15.3. The van der Waals surface area contributed by atoms with Crippen molar-refractivity contribution in [1.29, 1.82) is 0 Å². The molecule has 1 aliphatic carbocycles. The van der Waals surface area contributed by atoms with E-state index in [1.165, 1.54) is 32.6 Å². The Morgan fingerprint density at radius 2 is 0.761 bits per heavy atom. The van der Waals surface area contributed by atoms with Gasteiger partial charge in [0.1, 0.15) is 17.3 Å². The molecule has 0 saturated carbocycles. The second-order valence-electron chi connectivity index (χ2n) is 18.7. The Hall–Kier alpha value is -9.59. The van der Waals surface area contributed by atoms with E-state index in [9.17, 15) is 0 Å². The van der Waals surface area contributed by atoms with Gasteiger partial charge in [0.25, 0.3) is 0 Å². The molecule has 0 unspecified atom stereocenters. The lowest BCUT2D eigenvalue weighted by atomic mass is 9.66. The number of fused-ring (bicyclic) bond motifs is 18. The van der Waals surface area contributed by atoms with Crippen molar-refractivity contribution < 1.29 is 4.74 Å². The molecule has 0 bridgehead atoms. The molecule has 8 aromatic carbocycles. The van der Waals surface area contributed by atoms with Gasteiger partial charge in [0.05, 0.1) is 55.6 Å². The molecule has 0 N–H and O–H groups in total. The average Bonchev–Trinajstić information content (AvgIpc) is 4.15. The van der Waals surface area contributed by atoms with Crippen LogP contribution in [0.5, 0.6) is 11.5 Å². The van der Waals surface area contributed by atoms with Crippen molar-refractivity contribution in [1.82, 2.24) is 28.7 Å². The van der Waals surface area contributed by atoms with E-state index in [1.54, 1.807) is 0 Å². The highest BCUT2D eigenvalue weighted by Crippen LogP contribution is 2.62. The van der Waals surface area contributed by atoms with Gasteiger partial charge in [0.15, 0.2) is 0 Å². The van der Waals surface area contributed by atoms with Crippen molar-refractivity contribution in [3.63, 3.8) is 0 Å². The highest BCUT2D eigenvalue weighted by Gasteiger charge is 2.52. The molecule has 7 heterocycles. The molecule has 330 valence electrons. The van der Waals surface area contributed by atoms with Crippen molar-refractivity contribution in [3.05, 3.63) is 253 Å². The fraction of sp³-hybridized carbons (Fsp3) is 0.0156. The van der Waals surface area contributed by atoms with E-state index in [0.717, 1.165) is 106 Å². The van der Waals surface area contributed by atoms with Gasteiger partial charge in [0.2, 0.25) is 0 Å². The summed E-state index contributed by atoms with van der Waals surface area (Å²) < 4.78 is 14.1. The van der Waals surface area contributed by atoms with Gasteiger partial charge >= 0.3 is 0 Å². The number of pyridine rings is 3. The third-order valence-electron chi connectivity index (χ3n) is 15.3. The molecule has 7 heteroatoms. The minimum atomic E-state index is -0.784. The molecule has 1 spiro atoms. The Balaban J connectivity index is 0.892. The van der Waals surface area contributed by atoms with E-state index in [2.05, 4.69) is 226 Å². The number of benzene rings is 8. The lowest BCUT2D eigenvalue weighted by Gasteiger charge is -2.39. The van der Waals surface area contributed by atoms with Crippen LogP contribution in [0.15, 0.2) is 231 Å². The molecule has 0 fully saturated rings. The van der Waals surface area contributed by atoms with Gasteiger partial charge in [-0.2, -0.15) is 0 Å². The number of hydrogen-bond donors (Lipinski definition) is 0. The van der Waals surface area contributed by atoms with E-state index >= 15 is 0 Å². The first-order valence-electron chi connectivity index (χ1n) is 24.1. The zero-order chi connectivity index (χ0) is 46.4. The monoisotopic (exact) mass is 906 g/mol. The lowest BCUT2D eigenvalue weighted by molar-refractivity contribution is 0.436. The van der Waals surface area contributed by atoms with E-state index in [0.29, 0.717) is 0 Å². The van der Waals surface area contributed by atoms with Crippen molar-refractivity contribution in [3.8, 4) is 51.2 Å². The molecule has 0 amide bonds. The molecule has 0 radical (unpaired) electrons. The highest BCUT2D eigenvalue weighted by molar-refractivity contribution is 6.12. The molecule has 7 nitrogen and oxygen atoms in total. The van der Waals surface area contributed by atoms with E-state index < -0.39 is 5.41 Å². The van der Waals surface area contributed by atoms with Crippen molar-refractivity contribution in [2.24, 2.45) is 0 Å². The molecule has 1 aliphatic heterocycles. The van der Waals surface area contributed by atoms with Crippen LogP contribution in [0.25, 0.3) is 105 Å². The van der Waals surface area contributed by atoms with Crippen LogP contribution in [0, 0.1) is 0 Å². The summed E-state index contributed by atoms with van der Waals surface area (Å²) in [7, 11) is 0. The zero-order valence-corrected chi connectivity index (χ0v) is 38.0. The first-order chi connectivity index (χ1) is 35.2. The normalized spacial score (nSPS) is 13.3. The molecule has 16 rings (SSSR count). The number of aromatic nitrogens is 6. The quantitative estimate of drug-likeness (QED) is 0.176. The first kappa shape index (κ1) is 38.4. The van der Waals surface area contributed by atoms with Gasteiger partial charge in [-0.15, -0.1) is 0 Å². The number of ether oxygens (including phenoxy) is 1. The zero-order valence-electron chi connectivity index (χ0n) is 38.0. The van der Waals surface area contributed by atoms with E-state index in [1.807, 2.05) is 18.6 Å². The van der Waals surface area contributed by atoms with Crippen LogP contribution in [0.4, 0.5) is 0 Å². The van der Waals surface area contributed by atoms with Gasteiger partial charge in [-0.05, 0) is 113 Å². The first-order valence-corrected chi connectivity index (χ1v) is 24.1. The fourth-order valence-corrected chi connectivity index (χ4v) is 12.4. The maximum atomic E-state index is 7.03. The molecule has 71 heavy (non-hydrogen) atoms. The number of nitrogens with zero attached hydrogens (tertiary/aromatic N) is 6. The number of rotatable bonds is 4. The van der Waals surface area contributed by atoms with Crippen LogP contribution in [-0.4, -0.2) is 28.7 Å². The molecular formula is C64H38N6O. The smallest absolute Gasteiger partial charge is 0.139 e. The van der Waals surface area contributed by atoms with Crippen LogP contribution in [0.2, 0.25) is 0 Å². The predicted octanol–water partition coefficient (Wildman–Crippen LogP) is 15.3. The van der Waals surface area contributed by atoms with Gasteiger partial charge in [-0.3, -0.25) is 14.5 Å². The Labute approximate surface area is 406 Å². The van der Waals surface area contributed by atoms with Crippen LogP contribution in [0.1, 0.15) is 22.3 Å². The lowest BCUT2D eigenvalue weighted by Crippen LogP contribution is -2.32. The Morgan fingerprint density at radius 3 is 1.34 bits per heavy atom. The number of hydrogen-bond acceptors (Lipinski definition) is 4. The summed E-state index contributed by atoms with van der Waals surface area (Å²) >= 11 is 0. The van der Waals surface area contributed by atoms with Crippen LogP contribution < -0.4 is 4.74 Å². The highest BCUT2D eigenvalue weighted by atomic mass is 16.5. The van der Waals surface area contributed by atoms with Crippen LogP contribution in [-0.2, 0) is 5.41 Å². The maximum absolute atomic E-state index is 7.03. The summed E-state index contributed by atoms with van der Waals surface area (Å²) in [5, 5.41) is 7.21. The topological polar surface area (TPSA) is 62.7 Å². The largest absolute Gasteiger partial charge is 0.457 e. The minimum Gasteiger partial charge on any atom is -0.457 e. The molecule has 0 atom stereocenters. The minimum absolute atomic E-state index is 0.784. The Morgan fingerprint density at radius 1 is 0.310 bits per heavy atom. The summed E-state index contributed by atoms with van der Waals surface area (Å²) in [5.74, 6) is 2.48. The number of para-hydroxylation sites is 5. The van der Waals surface area contributed by atoms with Gasteiger partial charge in [-0.25, -0.2) is 4.98 Å². The summed E-state index contributed by atoms with van der Waals surface area (Å²) in [4.78, 5) is 15.2. The van der Waals surface area contributed by atoms with E-state index in [-0.39, 0.29) is 0 Å². The van der Waals surface area contributed by atoms with Crippen molar-refractivity contribution in [2.45, 2.75) is 5.41 Å². The molecule has 2 aliphatic rings. The fourth-order valence-electron chi connectivity index (χ4n) is 12.4. The second-order valence-corrected chi connectivity index (χ2v) is 18.7. The van der Waals surface area contributed by atoms with Crippen molar-refractivity contribution in [2.75, 3.05) is 0 Å². The Bertz CT molecular complexity index is 4440. The SMILES string of the molecule is c1cnc2c(c1)C1(c3cc(-c4ccc5c(c4)c4ccccc4n5-c4cc(-n5c6ccccc6c6ccccc65)ccn4)ccc3Oc3ccc(-n4c5ccccc5c5ccccc54)cc31)c1cccnc1-2. The molecular weight excluding hydrogens is 869 g/mol. The van der Waals surface area contributed by atoms with Gasteiger partial charge in [-0.1, -0.05) is 115 Å². The third kappa shape index (κ3) is 5.13.